The molecule has 1 aromatic carbocycles. The van der Waals surface area contributed by atoms with Crippen LogP contribution in [0.3, 0.4) is 0 Å². The molecule has 7 heteroatoms. The average Bonchev–Trinajstić information content (AvgIpc) is 2.58. The summed E-state index contributed by atoms with van der Waals surface area (Å²) in [5.41, 5.74) is 6.94. The first kappa shape index (κ1) is 17.2. The number of nitrogen functional groups attached to an aromatic ring is 1. The number of benzene rings is 1. The second-order valence-corrected chi connectivity index (χ2v) is 6.61. The van der Waals surface area contributed by atoms with Crippen LogP contribution in [0.5, 0.6) is 0 Å². The number of rotatable bonds is 4. The summed E-state index contributed by atoms with van der Waals surface area (Å²) in [6, 6.07) is 7.02. The highest BCUT2D eigenvalue weighted by Gasteiger charge is 2.47. The summed E-state index contributed by atoms with van der Waals surface area (Å²) in [6.07, 6.45) is 5.20. The fourth-order valence-corrected chi connectivity index (χ4v) is 2.88. The zero-order valence-electron chi connectivity index (χ0n) is 13.9. The number of amides is 1. The monoisotopic (exact) mass is 336 g/mol. The Bertz CT molecular complexity index is 576. The predicted molar refractivity (Wildman–Crippen MR) is 87.3 cm³/mol. The number of carbonyl (C=O) groups is 1. The molecule has 0 aromatic heterocycles. The van der Waals surface area contributed by atoms with Gasteiger partial charge in [-0.2, -0.15) is 19.6 Å². The number of hydrogen-bond acceptors (Lipinski definition) is 6. The lowest BCUT2D eigenvalue weighted by atomic mass is 9.94. The lowest BCUT2D eigenvalue weighted by Crippen LogP contribution is -2.50. The van der Waals surface area contributed by atoms with Crippen molar-refractivity contribution in [3.05, 3.63) is 24.3 Å². The molecule has 1 aromatic rings. The number of nitrogens with one attached hydrogen (secondary N) is 1. The molecule has 1 aliphatic carbocycles. The quantitative estimate of drug-likeness (QED) is 0.647. The minimum atomic E-state index is -1.10. The van der Waals surface area contributed by atoms with E-state index in [0.29, 0.717) is 17.8 Å². The van der Waals surface area contributed by atoms with Gasteiger partial charge in [0.15, 0.2) is 0 Å². The van der Waals surface area contributed by atoms with Crippen LogP contribution < -0.4 is 11.1 Å². The van der Waals surface area contributed by atoms with Gasteiger partial charge in [-0.25, -0.2) is 0 Å². The third-order valence-corrected chi connectivity index (χ3v) is 4.33. The molecule has 0 radical (unpaired) electrons. The summed E-state index contributed by atoms with van der Waals surface area (Å²) in [5, 5.41) is 2.78. The lowest BCUT2D eigenvalue weighted by Gasteiger charge is -2.43. The molecule has 7 nitrogen and oxygen atoms in total. The maximum absolute atomic E-state index is 12.1. The summed E-state index contributed by atoms with van der Waals surface area (Å²) >= 11 is 0. The van der Waals surface area contributed by atoms with Crippen molar-refractivity contribution in [1.82, 2.24) is 0 Å². The fraction of sp³-hybridized carbons (Fsp3) is 0.588. The second-order valence-electron chi connectivity index (χ2n) is 6.61. The van der Waals surface area contributed by atoms with Gasteiger partial charge in [0.25, 0.3) is 0 Å². The maximum atomic E-state index is 12.1. The molecule has 1 spiro atoms. The molecule has 2 fully saturated rings. The Morgan fingerprint density at radius 3 is 2.54 bits per heavy atom. The Morgan fingerprint density at radius 2 is 1.88 bits per heavy atom. The third kappa shape index (κ3) is 4.24. The molecule has 1 heterocycles. The van der Waals surface area contributed by atoms with E-state index in [-0.39, 0.29) is 12.3 Å². The van der Waals surface area contributed by atoms with Crippen LogP contribution in [0.4, 0.5) is 11.4 Å². The Kier molecular flexibility index (Phi) is 5.05. The van der Waals surface area contributed by atoms with Gasteiger partial charge in [0, 0.05) is 37.1 Å². The van der Waals surface area contributed by atoms with Crippen molar-refractivity contribution in [2.45, 2.75) is 63.4 Å². The van der Waals surface area contributed by atoms with Crippen LogP contribution in [-0.2, 0) is 24.3 Å². The Morgan fingerprint density at radius 1 is 1.17 bits per heavy atom. The molecule has 132 valence electrons. The first-order valence-electron chi connectivity index (χ1n) is 8.38. The molecule has 0 unspecified atom stereocenters. The molecule has 0 atom stereocenters. The minimum absolute atomic E-state index is 0.160. The van der Waals surface area contributed by atoms with E-state index in [0.717, 1.165) is 32.1 Å². The molecule has 0 bridgehead atoms. The zero-order valence-corrected chi connectivity index (χ0v) is 13.9. The van der Waals surface area contributed by atoms with Crippen LogP contribution in [-0.4, -0.2) is 17.5 Å². The van der Waals surface area contributed by atoms with Crippen LogP contribution in [0.1, 0.15) is 51.9 Å². The number of hydrogen-bond donors (Lipinski definition) is 2. The van der Waals surface area contributed by atoms with Gasteiger partial charge in [-0.05, 0) is 38.0 Å². The Balaban J connectivity index is 1.46. The van der Waals surface area contributed by atoms with Crippen molar-refractivity contribution >= 4 is 17.3 Å². The predicted octanol–water partition coefficient (Wildman–Crippen LogP) is 3.27. The van der Waals surface area contributed by atoms with Crippen molar-refractivity contribution in [2.24, 2.45) is 0 Å². The lowest BCUT2D eigenvalue weighted by molar-refractivity contribution is -0.657. The smallest absolute Gasteiger partial charge is 0.234 e. The maximum Gasteiger partial charge on any atom is 0.234 e. The van der Waals surface area contributed by atoms with Crippen LogP contribution in [0, 0.1) is 0 Å². The first-order valence-corrected chi connectivity index (χ1v) is 8.38. The van der Waals surface area contributed by atoms with Crippen molar-refractivity contribution in [3.8, 4) is 0 Å². The zero-order chi connectivity index (χ0) is 17.0. The Labute approximate surface area is 141 Å². The van der Waals surface area contributed by atoms with E-state index in [1.807, 2.05) is 0 Å². The van der Waals surface area contributed by atoms with E-state index in [1.54, 1.807) is 31.2 Å². The highest BCUT2D eigenvalue weighted by atomic mass is 17.4. The topological polar surface area (TPSA) is 92.0 Å². The minimum Gasteiger partial charge on any atom is -0.399 e. The van der Waals surface area contributed by atoms with E-state index in [9.17, 15) is 4.79 Å². The van der Waals surface area contributed by atoms with E-state index in [2.05, 4.69) is 5.32 Å². The normalized spacial score (nSPS) is 22.2. The number of anilines is 2. The molecule has 1 amide bonds. The van der Waals surface area contributed by atoms with Gasteiger partial charge in [-0.3, -0.25) is 4.79 Å². The fourth-order valence-electron chi connectivity index (χ4n) is 2.88. The van der Waals surface area contributed by atoms with E-state index >= 15 is 0 Å². The van der Waals surface area contributed by atoms with Crippen molar-refractivity contribution in [3.63, 3.8) is 0 Å². The molecular weight excluding hydrogens is 312 g/mol. The van der Waals surface area contributed by atoms with Gasteiger partial charge in [-0.15, -0.1) is 0 Å². The standard InChI is InChI=1S/C17H24N2O5/c1-16(21-23-17(24-22-16)9-3-2-4-10-17)11-8-15(20)19-14-7-5-6-13(18)12-14/h5-7,12H,2-4,8-11,18H2,1H3,(H,19,20). The van der Waals surface area contributed by atoms with Crippen LogP contribution in [0.25, 0.3) is 0 Å². The average molecular weight is 336 g/mol. The van der Waals surface area contributed by atoms with Crippen LogP contribution >= 0.6 is 0 Å². The first-order chi connectivity index (χ1) is 11.5. The van der Waals surface area contributed by atoms with Gasteiger partial charge in [0.05, 0.1) is 0 Å². The van der Waals surface area contributed by atoms with Crippen molar-refractivity contribution < 1.29 is 24.3 Å². The SMILES string of the molecule is CC1(CCC(=O)Nc2cccc(N)c2)OOC2(CCCCC2)OO1. The highest BCUT2D eigenvalue weighted by molar-refractivity contribution is 5.91. The molecule has 1 saturated carbocycles. The molecule has 1 aliphatic heterocycles. The molecule has 24 heavy (non-hydrogen) atoms. The third-order valence-electron chi connectivity index (χ3n) is 4.33. The van der Waals surface area contributed by atoms with Gasteiger partial charge >= 0.3 is 0 Å². The summed E-state index contributed by atoms with van der Waals surface area (Å²) in [5.74, 6) is -2.05. The summed E-state index contributed by atoms with van der Waals surface area (Å²) < 4.78 is 0. The number of carbonyl (C=O) groups excluding carboxylic acids is 1. The summed E-state index contributed by atoms with van der Waals surface area (Å²) in [6.45, 7) is 1.69. The largest absolute Gasteiger partial charge is 0.399 e. The highest BCUT2D eigenvalue weighted by Crippen LogP contribution is 2.40. The van der Waals surface area contributed by atoms with Crippen LogP contribution in [0.2, 0.25) is 0 Å². The molecule has 1 saturated heterocycles. The van der Waals surface area contributed by atoms with Gasteiger partial charge in [0.2, 0.25) is 17.5 Å². The molecule has 3 N–H and O–H groups in total. The van der Waals surface area contributed by atoms with Crippen molar-refractivity contribution in [1.29, 1.82) is 0 Å². The van der Waals surface area contributed by atoms with Crippen LogP contribution in [0.15, 0.2) is 24.3 Å². The van der Waals surface area contributed by atoms with Crippen molar-refractivity contribution in [2.75, 3.05) is 11.1 Å². The molecular formula is C17H24N2O5. The van der Waals surface area contributed by atoms with Gasteiger partial charge in [0.1, 0.15) is 0 Å². The number of nitrogens with two attached hydrogens (primary N) is 1. The van der Waals surface area contributed by atoms with Gasteiger partial charge < -0.3 is 11.1 Å². The molecule has 2 aliphatic rings. The van der Waals surface area contributed by atoms with Gasteiger partial charge in [-0.1, -0.05) is 12.5 Å². The summed E-state index contributed by atoms with van der Waals surface area (Å²) in [7, 11) is 0. The summed E-state index contributed by atoms with van der Waals surface area (Å²) in [4.78, 5) is 33.9. The second kappa shape index (κ2) is 7.06. The van der Waals surface area contributed by atoms with E-state index < -0.39 is 11.6 Å². The van der Waals surface area contributed by atoms with E-state index in [4.69, 9.17) is 25.3 Å². The molecule has 3 rings (SSSR count). The van der Waals surface area contributed by atoms with E-state index in [1.165, 1.54) is 0 Å². The Hall–Kier alpha value is -1.67.